The van der Waals surface area contributed by atoms with Crippen molar-refractivity contribution in [2.75, 3.05) is 0 Å². The Morgan fingerprint density at radius 1 is 1.06 bits per heavy atom. The molecule has 0 fully saturated rings. The van der Waals surface area contributed by atoms with Gasteiger partial charge in [0.05, 0.1) is 0 Å². The molecule has 0 aliphatic heterocycles. The van der Waals surface area contributed by atoms with Crippen LogP contribution >= 0.6 is 0 Å². The summed E-state index contributed by atoms with van der Waals surface area (Å²) in [4.78, 5) is 29.0. The van der Waals surface area contributed by atoms with Gasteiger partial charge in [-0.15, -0.1) is 0 Å². The van der Waals surface area contributed by atoms with Gasteiger partial charge in [-0.25, -0.2) is 0 Å². The molecular formula is C8H5AgN2O6. The van der Waals surface area contributed by atoms with E-state index in [-0.39, 0.29) is 22.4 Å². The smallest absolute Gasteiger partial charge is 0.537 e. The van der Waals surface area contributed by atoms with Gasteiger partial charge in [-0.05, 0) is 12.1 Å². The molecule has 0 aliphatic carbocycles. The summed E-state index contributed by atoms with van der Waals surface area (Å²) in [7, 11) is 0. The second kappa shape index (κ2) is 5.53. The number of carboxylic acids is 1. The van der Waals surface area contributed by atoms with E-state index in [4.69, 9.17) is 0 Å². The molecule has 17 heavy (non-hydrogen) atoms. The van der Waals surface area contributed by atoms with Gasteiger partial charge in [0.1, 0.15) is 15.4 Å². The molecule has 0 amide bonds. The van der Waals surface area contributed by atoms with Crippen LogP contribution in [0.1, 0.15) is 5.56 Å². The van der Waals surface area contributed by atoms with Crippen molar-refractivity contribution in [1.82, 2.24) is 0 Å². The zero-order valence-electron chi connectivity index (χ0n) is 8.03. The summed E-state index contributed by atoms with van der Waals surface area (Å²) in [5, 5.41) is 32.0. The third-order valence-electron chi connectivity index (χ3n) is 1.99. The second-order valence-electron chi connectivity index (χ2n) is 2.84. The maximum absolute atomic E-state index is 10.7. The van der Waals surface area contributed by atoms with E-state index < -0.39 is 27.0 Å². The van der Waals surface area contributed by atoms with Gasteiger partial charge in [0.25, 0.3) is 0 Å². The molecule has 0 heterocycles. The van der Waals surface area contributed by atoms with Gasteiger partial charge < -0.3 is 9.90 Å². The van der Waals surface area contributed by atoms with Crippen LogP contribution in [0.3, 0.4) is 0 Å². The summed E-state index contributed by atoms with van der Waals surface area (Å²) in [6, 6.07) is 5.95. The van der Waals surface area contributed by atoms with Crippen LogP contribution in [0, 0.1) is 20.2 Å². The Bertz CT molecular complexity index is 413. The van der Waals surface area contributed by atoms with Crippen LogP contribution in [-0.2, 0) is 32.8 Å². The van der Waals surface area contributed by atoms with Gasteiger partial charge in [-0.2, -0.15) is 0 Å². The number of hydrogen-bond acceptors (Lipinski definition) is 6. The Hall–Kier alpha value is -1.77. The quantitative estimate of drug-likeness (QED) is 0.305. The average Bonchev–Trinajstić information content (AvgIpc) is 2.18. The summed E-state index contributed by atoms with van der Waals surface area (Å²) >= 11 is 0. The van der Waals surface area contributed by atoms with Gasteiger partial charge in [-0.3, -0.25) is 20.2 Å². The van der Waals surface area contributed by atoms with Gasteiger partial charge in [0.15, 0.2) is 0 Å². The first-order valence-electron chi connectivity index (χ1n) is 4.00. The van der Waals surface area contributed by atoms with E-state index in [0.29, 0.717) is 0 Å². The van der Waals surface area contributed by atoms with Crippen molar-refractivity contribution >= 4 is 5.97 Å². The number of carbonyl (C=O) groups excluding carboxylic acids is 1. The number of nitro groups is 2. The van der Waals surface area contributed by atoms with Gasteiger partial charge in [0.2, 0.25) is 5.97 Å². The van der Waals surface area contributed by atoms with Crippen LogP contribution < -0.4 is 5.11 Å². The van der Waals surface area contributed by atoms with Crippen LogP contribution in [0.5, 0.6) is 0 Å². The minimum Gasteiger partial charge on any atom is -0.537 e. The van der Waals surface area contributed by atoms with E-state index in [1.807, 2.05) is 0 Å². The molecule has 0 saturated heterocycles. The second-order valence-corrected chi connectivity index (χ2v) is 2.84. The topological polar surface area (TPSA) is 126 Å². The summed E-state index contributed by atoms with van der Waals surface area (Å²) in [6.45, 7) is 0. The molecule has 0 unspecified atom stereocenters. The molecule has 1 rings (SSSR count). The predicted molar refractivity (Wildman–Crippen MR) is 47.1 cm³/mol. The number of carbonyl (C=O) groups is 1. The number of benzene rings is 1. The van der Waals surface area contributed by atoms with Crippen LogP contribution in [0.2, 0.25) is 0 Å². The summed E-state index contributed by atoms with van der Waals surface area (Å²) in [5.41, 5.74) is -4.02. The molecule has 0 aliphatic rings. The molecule has 0 radical (unpaired) electrons. The Morgan fingerprint density at radius 3 is 1.76 bits per heavy atom. The first kappa shape index (κ1) is 15.2. The molecule has 0 spiro atoms. The standard InChI is InChI=1S/C8H6N2O6.Ag/c11-7(12)8(9(13)14,10(15)16)6-4-2-1-3-5-6;/h1-5H,(H,11,12);/q;+1/p-1. The molecule has 9 heteroatoms. The van der Waals surface area contributed by atoms with E-state index in [0.717, 1.165) is 12.1 Å². The third-order valence-corrected chi connectivity index (χ3v) is 1.99. The van der Waals surface area contributed by atoms with Crippen molar-refractivity contribution in [3.05, 3.63) is 56.1 Å². The fourth-order valence-corrected chi connectivity index (χ4v) is 1.21. The Labute approximate surface area is 110 Å². The van der Waals surface area contributed by atoms with E-state index in [9.17, 15) is 30.1 Å². The number of hydrogen-bond donors (Lipinski definition) is 0. The zero-order valence-corrected chi connectivity index (χ0v) is 9.51. The minimum atomic E-state index is -3.46. The van der Waals surface area contributed by atoms with Crippen molar-refractivity contribution in [3.63, 3.8) is 0 Å². The van der Waals surface area contributed by atoms with Crippen LogP contribution in [-0.4, -0.2) is 15.8 Å². The molecule has 0 bridgehead atoms. The molecule has 94 valence electrons. The first-order chi connectivity index (χ1) is 7.44. The van der Waals surface area contributed by atoms with Gasteiger partial charge >= 0.3 is 28.0 Å². The maximum atomic E-state index is 10.7. The average molecular weight is 333 g/mol. The van der Waals surface area contributed by atoms with Crippen molar-refractivity contribution in [3.8, 4) is 0 Å². The van der Waals surface area contributed by atoms with Crippen LogP contribution in [0.25, 0.3) is 0 Å². The number of rotatable bonds is 4. The molecule has 0 N–H and O–H groups in total. The monoisotopic (exact) mass is 332 g/mol. The fourth-order valence-electron chi connectivity index (χ4n) is 1.21. The van der Waals surface area contributed by atoms with Gasteiger partial charge in [0, 0.05) is 0 Å². The van der Waals surface area contributed by atoms with Crippen molar-refractivity contribution < 1.29 is 42.1 Å². The van der Waals surface area contributed by atoms with E-state index in [2.05, 4.69) is 0 Å². The Kier molecular flexibility index (Phi) is 4.95. The van der Waals surface area contributed by atoms with Gasteiger partial charge in [-0.1, -0.05) is 18.2 Å². The van der Waals surface area contributed by atoms with E-state index in [1.54, 1.807) is 0 Å². The molecule has 0 saturated carbocycles. The van der Waals surface area contributed by atoms with Crippen molar-refractivity contribution in [1.29, 1.82) is 0 Å². The van der Waals surface area contributed by atoms with Crippen molar-refractivity contribution in [2.45, 2.75) is 5.66 Å². The van der Waals surface area contributed by atoms with E-state index in [1.165, 1.54) is 18.2 Å². The zero-order chi connectivity index (χ0) is 12.3. The summed E-state index contributed by atoms with van der Waals surface area (Å²) in [5.74, 6) is -2.38. The normalized spacial score (nSPS) is 10.1. The molecule has 8 nitrogen and oxygen atoms in total. The third kappa shape index (κ3) is 2.33. The number of aliphatic carboxylic acids is 1. The van der Waals surface area contributed by atoms with Crippen molar-refractivity contribution in [2.24, 2.45) is 0 Å². The summed E-state index contributed by atoms with van der Waals surface area (Å²) < 4.78 is 0. The maximum Gasteiger partial charge on any atom is 1.00 e. The molecular weight excluding hydrogens is 328 g/mol. The number of nitrogens with zero attached hydrogens (tertiary/aromatic N) is 2. The fraction of sp³-hybridized carbons (Fsp3) is 0.125. The predicted octanol–water partition coefficient (Wildman–Crippen LogP) is -0.860. The van der Waals surface area contributed by atoms with Crippen LogP contribution in [0.15, 0.2) is 30.3 Å². The Balaban J connectivity index is 0.00000256. The Morgan fingerprint density at radius 2 is 1.47 bits per heavy atom. The molecule has 1 aromatic carbocycles. The molecule has 1 aromatic rings. The SMILES string of the molecule is O=C([O-])C(c1ccccc1)([N+](=O)[O-])[N+](=O)[O-].[Ag+]. The number of carboxylic acid groups (broad SMARTS) is 1. The summed E-state index contributed by atoms with van der Waals surface area (Å²) in [6.07, 6.45) is 0. The van der Waals surface area contributed by atoms with E-state index >= 15 is 0 Å². The minimum absolute atomic E-state index is 0. The van der Waals surface area contributed by atoms with Crippen LogP contribution in [0.4, 0.5) is 0 Å². The molecule has 0 aromatic heterocycles. The largest absolute Gasteiger partial charge is 1.00 e. The molecule has 0 atom stereocenters. The first-order valence-corrected chi connectivity index (χ1v) is 4.00.